The van der Waals surface area contributed by atoms with E-state index in [1.165, 1.54) is 29.9 Å². The fourth-order valence-electron chi connectivity index (χ4n) is 3.99. The average molecular weight is 561 g/mol. The van der Waals surface area contributed by atoms with E-state index in [1.54, 1.807) is 44.2 Å². The molecule has 15 heteroatoms. The van der Waals surface area contributed by atoms with Crippen LogP contribution in [0.5, 0.6) is 5.75 Å². The third kappa shape index (κ3) is 5.89. The van der Waals surface area contributed by atoms with Crippen molar-refractivity contribution in [3.8, 4) is 11.8 Å². The van der Waals surface area contributed by atoms with Crippen LogP contribution in [-0.4, -0.2) is 67.3 Å². The van der Waals surface area contributed by atoms with Gasteiger partial charge < -0.3 is 29.9 Å². The van der Waals surface area contributed by atoms with Crippen LogP contribution in [0.1, 0.15) is 32.6 Å². The van der Waals surface area contributed by atoms with Gasteiger partial charge in [0.25, 0.3) is 0 Å². The monoisotopic (exact) mass is 560 g/mol. The number of para-hydroxylation sites is 1. The van der Waals surface area contributed by atoms with Crippen molar-refractivity contribution in [2.24, 2.45) is 0 Å². The number of aliphatic hydroxyl groups excluding tert-OH is 2. The number of nitrogens with zero attached hydrogens (tertiary/aromatic N) is 4. The molecule has 1 aliphatic heterocycles. The van der Waals surface area contributed by atoms with Crippen molar-refractivity contribution < 1.29 is 38.1 Å². The number of anilines is 1. The van der Waals surface area contributed by atoms with Crippen LogP contribution >= 0.6 is 7.75 Å². The maximum Gasteiger partial charge on any atom is 0.459 e. The lowest BCUT2D eigenvalue weighted by molar-refractivity contribution is -0.149. The molecule has 0 radical (unpaired) electrons. The first-order valence-corrected chi connectivity index (χ1v) is 13.5. The molecule has 0 spiro atoms. The summed E-state index contributed by atoms with van der Waals surface area (Å²) in [5.74, 6) is -0.393. The summed E-state index contributed by atoms with van der Waals surface area (Å²) in [5, 5.41) is 38.4. The van der Waals surface area contributed by atoms with Gasteiger partial charge in [-0.1, -0.05) is 18.2 Å². The number of hydrogen-bond donors (Lipinski definition) is 4. The van der Waals surface area contributed by atoms with Crippen molar-refractivity contribution in [1.82, 2.24) is 19.7 Å². The maximum absolute atomic E-state index is 13.8. The molecule has 4 rings (SSSR count). The summed E-state index contributed by atoms with van der Waals surface area (Å²) >= 11 is 0. The topological polar surface area (TPSA) is 204 Å². The number of carbonyl (C=O) groups is 1. The van der Waals surface area contributed by atoms with Gasteiger partial charge in [0.2, 0.25) is 5.60 Å². The summed E-state index contributed by atoms with van der Waals surface area (Å²) in [4.78, 5) is 16.3. The van der Waals surface area contributed by atoms with Gasteiger partial charge >= 0.3 is 13.7 Å². The zero-order valence-electron chi connectivity index (χ0n) is 21.4. The minimum atomic E-state index is -4.39. The number of aromatic nitrogens is 3. The molecule has 0 amide bonds. The minimum Gasteiger partial charge on any atom is -0.462 e. The zero-order valence-corrected chi connectivity index (χ0v) is 22.3. The number of nitrogens with one attached hydrogen (secondary N) is 1. The number of fused-ring (bicyclic) bond motifs is 1. The van der Waals surface area contributed by atoms with Crippen molar-refractivity contribution in [2.45, 2.75) is 56.8 Å². The standard InChI is InChI=1S/C24H29N6O8P/c1-14(2)36-23(33)15(3)29-39(34,38-16-7-5-4-6-8-16)35-12-24(11-25)21(32)19(31)20(37-24)17-9-10-18-22(26)27-13-28-30(17)18/h4-10,13-15,19-21,31-32H,12H2,1-3H3,(H,29,34)(H2,26,27,28)/t15?,19-,20-,21-,24+,39?/m0/s1. The molecular formula is C24H29N6O8P. The Labute approximate surface area is 223 Å². The summed E-state index contributed by atoms with van der Waals surface area (Å²) in [5.41, 5.74) is 4.41. The zero-order chi connectivity index (χ0) is 28.4. The molecule has 3 heterocycles. The Morgan fingerprint density at radius 2 is 2.00 bits per heavy atom. The Morgan fingerprint density at radius 3 is 2.67 bits per heavy atom. The first kappa shape index (κ1) is 28.4. The van der Waals surface area contributed by atoms with Crippen LogP contribution in [0, 0.1) is 11.3 Å². The molecule has 208 valence electrons. The van der Waals surface area contributed by atoms with Gasteiger partial charge in [0.15, 0.2) is 5.82 Å². The van der Waals surface area contributed by atoms with E-state index in [2.05, 4.69) is 15.2 Å². The predicted molar refractivity (Wildman–Crippen MR) is 136 cm³/mol. The fourth-order valence-corrected chi connectivity index (χ4v) is 5.51. The molecule has 5 N–H and O–H groups in total. The van der Waals surface area contributed by atoms with Crippen molar-refractivity contribution in [2.75, 3.05) is 12.3 Å². The first-order valence-electron chi connectivity index (χ1n) is 12.0. The van der Waals surface area contributed by atoms with Crippen molar-refractivity contribution in [3.05, 3.63) is 54.5 Å². The van der Waals surface area contributed by atoms with E-state index in [0.717, 1.165) is 0 Å². The molecule has 1 aromatic carbocycles. The van der Waals surface area contributed by atoms with Gasteiger partial charge in [-0.2, -0.15) is 15.4 Å². The first-order chi connectivity index (χ1) is 18.5. The van der Waals surface area contributed by atoms with E-state index >= 15 is 0 Å². The van der Waals surface area contributed by atoms with Crippen LogP contribution < -0.4 is 15.3 Å². The largest absolute Gasteiger partial charge is 0.462 e. The van der Waals surface area contributed by atoms with Gasteiger partial charge in [-0.05, 0) is 45.0 Å². The number of esters is 1. The van der Waals surface area contributed by atoms with E-state index in [0.29, 0.717) is 5.52 Å². The molecule has 1 fully saturated rings. The van der Waals surface area contributed by atoms with Crippen LogP contribution in [0.4, 0.5) is 5.82 Å². The summed E-state index contributed by atoms with van der Waals surface area (Å²) in [7, 11) is -4.39. The van der Waals surface area contributed by atoms with Crippen LogP contribution in [0.15, 0.2) is 48.8 Å². The Balaban J connectivity index is 1.59. The normalized spacial score (nSPS) is 25.2. The fraction of sp³-hybridized carbons (Fsp3) is 0.417. The molecular weight excluding hydrogens is 531 g/mol. The second-order valence-corrected chi connectivity index (χ2v) is 10.9. The lowest BCUT2D eigenvalue weighted by Crippen LogP contribution is -2.46. The molecule has 39 heavy (non-hydrogen) atoms. The van der Waals surface area contributed by atoms with Gasteiger partial charge in [0, 0.05) is 0 Å². The molecule has 2 aromatic heterocycles. The Bertz CT molecular complexity index is 1410. The molecule has 14 nitrogen and oxygen atoms in total. The third-order valence-corrected chi connectivity index (χ3v) is 7.54. The number of hydrogen-bond acceptors (Lipinski definition) is 12. The highest BCUT2D eigenvalue weighted by molar-refractivity contribution is 7.52. The number of rotatable bonds is 10. The van der Waals surface area contributed by atoms with Crippen LogP contribution in [-0.2, 0) is 23.4 Å². The number of nitriles is 1. The molecule has 1 saturated heterocycles. The second kappa shape index (κ2) is 11.3. The van der Waals surface area contributed by atoms with E-state index in [1.807, 2.05) is 6.07 Å². The highest BCUT2D eigenvalue weighted by Gasteiger charge is 2.57. The summed E-state index contributed by atoms with van der Waals surface area (Å²) in [6, 6.07) is 11.9. The van der Waals surface area contributed by atoms with Crippen molar-refractivity contribution in [3.63, 3.8) is 0 Å². The van der Waals surface area contributed by atoms with E-state index < -0.39 is 56.4 Å². The summed E-state index contributed by atoms with van der Waals surface area (Å²) in [6.07, 6.45) is -3.83. The number of benzene rings is 1. The number of nitrogen functional groups attached to an aromatic ring is 1. The minimum absolute atomic E-state index is 0.145. The van der Waals surface area contributed by atoms with E-state index in [9.17, 15) is 24.8 Å². The van der Waals surface area contributed by atoms with Crippen LogP contribution in [0.2, 0.25) is 0 Å². The van der Waals surface area contributed by atoms with Gasteiger partial charge in [-0.15, -0.1) is 0 Å². The lowest BCUT2D eigenvalue weighted by atomic mass is 9.96. The Morgan fingerprint density at radius 1 is 1.28 bits per heavy atom. The second-order valence-electron chi connectivity index (χ2n) is 9.19. The lowest BCUT2D eigenvalue weighted by Gasteiger charge is -2.28. The number of nitrogens with two attached hydrogens (primary N) is 1. The molecule has 6 atom stereocenters. The van der Waals surface area contributed by atoms with Crippen LogP contribution in [0.3, 0.4) is 0 Å². The van der Waals surface area contributed by atoms with Gasteiger partial charge in [-0.3, -0.25) is 9.32 Å². The van der Waals surface area contributed by atoms with Crippen LogP contribution in [0.25, 0.3) is 5.52 Å². The molecule has 0 bridgehead atoms. The SMILES string of the molecule is CC(C)OC(=O)C(C)NP(=O)(OC[C@@]1(C#N)O[C@@H](c2ccc3c(N)ncnn23)[C@H](O)[C@@H]1O)Oc1ccccc1. The highest BCUT2D eigenvalue weighted by atomic mass is 31.2. The van der Waals surface area contributed by atoms with E-state index in [4.69, 9.17) is 24.3 Å². The van der Waals surface area contributed by atoms with Crippen molar-refractivity contribution in [1.29, 1.82) is 5.26 Å². The van der Waals surface area contributed by atoms with Crippen molar-refractivity contribution >= 4 is 25.1 Å². The molecule has 3 aromatic rings. The summed E-state index contributed by atoms with van der Waals surface area (Å²) < 4.78 is 37.3. The van der Waals surface area contributed by atoms with Gasteiger partial charge in [0.05, 0.1) is 11.8 Å². The molecule has 0 aliphatic carbocycles. The third-order valence-electron chi connectivity index (χ3n) is 5.92. The molecule has 0 saturated carbocycles. The predicted octanol–water partition coefficient (Wildman–Crippen LogP) is 1.50. The average Bonchev–Trinajstić information content (AvgIpc) is 3.43. The Hall–Kier alpha value is -3.57. The molecule has 1 aliphatic rings. The molecule has 2 unspecified atom stereocenters. The summed E-state index contributed by atoms with van der Waals surface area (Å²) in [6.45, 7) is 3.92. The number of ether oxygens (including phenoxy) is 2. The van der Waals surface area contributed by atoms with E-state index in [-0.39, 0.29) is 17.3 Å². The van der Waals surface area contributed by atoms with Gasteiger partial charge in [-0.25, -0.2) is 14.1 Å². The quantitative estimate of drug-likeness (QED) is 0.205. The maximum atomic E-state index is 13.8. The number of carbonyl (C=O) groups excluding carboxylic acids is 1. The number of aliphatic hydroxyl groups is 2. The van der Waals surface area contributed by atoms with Gasteiger partial charge in [0.1, 0.15) is 54.6 Å². The Kier molecular flexibility index (Phi) is 8.22. The smallest absolute Gasteiger partial charge is 0.459 e. The highest BCUT2D eigenvalue weighted by Crippen LogP contribution is 2.48.